The highest BCUT2D eigenvalue weighted by Crippen LogP contribution is 2.24. The van der Waals surface area contributed by atoms with Gasteiger partial charge in [0.2, 0.25) is 0 Å². The number of hydrogen-bond donors (Lipinski definition) is 1. The Bertz CT molecular complexity index is 875. The van der Waals surface area contributed by atoms with Gasteiger partial charge in [-0.3, -0.25) is 19.0 Å². The molecule has 0 aliphatic carbocycles. The monoisotopic (exact) mass is 369 g/mol. The number of aryl methyl sites for hydroxylation is 2. The smallest absolute Gasteiger partial charge is 0.309 e. The van der Waals surface area contributed by atoms with E-state index in [1.54, 1.807) is 12.1 Å². The molecule has 2 aromatic rings. The molecule has 25 heavy (non-hydrogen) atoms. The first-order chi connectivity index (χ1) is 11.6. The van der Waals surface area contributed by atoms with Gasteiger partial charge >= 0.3 is 5.69 Å². The molecule has 9 nitrogen and oxygen atoms in total. The normalized spacial score (nSPS) is 14.2. The molecule has 136 valence electrons. The lowest BCUT2D eigenvalue weighted by Crippen LogP contribution is -2.40. The topological polar surface area (TPSA) is 125 Å². The molecule has 0 spiro atoms. The fourth-order valence-corrected chi connectivity index (χ4v) is 3.08. The fourth-order valence-electron chi connectivity index (χ4n) is 2.07. The number of aliphatic hydroxyl groups excluding tert-OH is 1. The molecule has 0 fully saturated rings. The van der Waals surface area contributed by atoms with Crippen molar-refractivity contribution in [3.63, 3.8) is 0 Å². The highest BCUT2D eigenvalue weighted by atomic mass is 32.2. The zero-order valence-corrected chi connectivity index (χ0v) is 14.9. The first kappa shape index (κ1) is 19.0. The summed E-state index contributed by atoms with van der Waals surface area (Å²) in [7, 11) is -4.03. The number of aliphatic hydroxyl groups is 1. The number of nitrogens with zero attached hydrogens (tertiary/aromatic N) is 3. The zero-order valence-electron chi connectivity index (χ0n) is 14.0. The van der Waals surface area contributed by atoms with E-state index in [2.05, 4.69) is 5.10 Å². The highest BCUT2D eigenvalue weighted by molar-refractivity contribution is 7.86. The molecule has 0 amide bonds. The van der Waals surface area contributed by atoms with E-state index in [9.17, 15) is 23.6 Å². The second kappa shape index (κ2) is 6.90. The van der Waals surface area contributed by atoms with Crippen molar-refractivity contribution in [2.45, 2.75) is 31.2 Å². The second-order valence-electron chi connectivity index (χ2n) is 5.99. The van der Waals surface area contributed by atoms with Gasteiger partial charge in [0.1, 0.15) is 17.4 Å². The van der Waals surface area contributed by atoms with Gasteiger partial charge in [-0.2, -0.15) is 13.5 Å². The first-order valence-electron chi connectivity index (χ1n) is 7.37. The molecule has 1 aromatic carbocycles. The van der Waals surface area contributed by atoms with Crippen molar-refractivity contribution < 1.29 is 22.6 Å². The van der Waals surface area contributed by atoms with Crippen LogP contribution in [0.15, 0.2) is 35.4 Å². The van der Waals surface area contributed by atoms with Crippen LogP contribution in [0.5, 0.6) is 0 Å². The molecule has 0 aliphatic heterocycles. The van der Waals surface area contributed by atoms with Crippen LogP contribution in [-0.4, -0.2) is 41.4 Å². The fraction of sp³-hybridized carbons (Fsp3) is 0.400. The Morgan fingerprint density at radius 3 is 2.40 bits per heavy atom. The Balaban J connectivity index is 2.25. The van der Waals surface area contributed by atoms with Gasteiger partial charge in [0.15, 0.2) is 0 Å². The standard InChI is InChI=1S/C15H19N3O6S/c1-11-4-6-13(7-5-11)25(22,23)24-10-15(3,9-19)17-8-14(18(20)21)12(2)16-17/h4-8,19H,9-10H2,1-3H3. The number of hydrogen-bond acceptors (Lipinski definition) is 7. The Labute approximate surface area is 145 Å². The maximum atomic E-state index is 12.3. The van der Waals surface area contributed by atoms with E-state index in [4.69, 9.17) is 4.18 Å². The van der Waals surface area contributed by atoms with Gasteiger partial charge in [0.05, 0.1) is 23.0 Å². The van der Waals surface area contributed by atoms with Crippen molar-refractivity contribution in [3.05, 3.63) is 51.8 Å². The molecule has 0 aliphatic rings. The number of aromatic nitrogens is 2. The van der Waals surface area contributed by atoms with Gasteiger partial charge < -0.3 is 5.11 Å². The zero-order chi connectivity index (χ0) is 18.8. The van der Waals surface area contributed by atoms with Gasteiger partial charge in [0, 0.05) is 0 Å². The molecule has 1 heterocycles. The molecule has 1 aromatic heterocycles. The predicted molar refractivity (Wildman–Crippen MR) is 88.7 cm³/mol. The molecule has 1 unspecified atom stereocenters. The van der Waals surface area contributed by atoms with Gasteiger partial charge in [-0.15, -0.1) is 0 Å². The van der Waals surface area contributed by atoms with Crippen molar-refractivity contribution in [1.29, 1.82) is 0 Å². The minimum Gasteiger partial charge on any atom is -0.394 e. The number of benzene rings is 1. The third kappa shape index (κ3) is 4.03. The molecule has 1 atom stereocenters. The third-order valence-corrected chi connectivity index (χ3v) is 5.08. The summed E-state index contributed by atoms with van der Waals surface area (Å²) >= 11 is 0. The van der Waals surface area contributed by atoms with Gasteiger partial charge in [-0.05, 0) is 32.9 Å². The van der Waals surface area contributed by atoms with Crippen molar-refractivity contribution in [3.8, 4) is 0 Å². The van der Waals surface area contributed by atoms with E-state index in [1.165, 1.54) is 26.0 Å². The van der Waals surface area contributed by atoms with Crippen LogP contribution in [0.1, 0.15) is 18.2 Å². The Morgan fingerprint density at radius 1 is 1.32 bits per heavy atom. The highest BCUT2D eigenvalue weighted by Gasteiger charge is 2.33. The van der Waals surface area contributed by atoms with Crippen LogP contribution in [0.2, 0.25) is 0 Å². The van der Waals surface area contributed by atoms with E-state index in [1.807, 2.05) is 6.92 Å². The van der Waals surface area contributed by atoms with Crippen LogP contribution in [0.4, 0.5) is 5.69 Å². The molecule has 2 rings (SSSR count). The van der Waals surface area contributed by atoms with Crippen molar-refractivity contribution >= 4 is 15.8 Å². The lowest BCUT2D eigenvalue weighted by atomic mass is 10.1. The lowest BCUT2D eigenvalue weighted by molar-refractivity contribution is -0.385. The van der Waals surface area contributed by atoms with Gasteiger partial charge in [-0.25, -0.2) is 0 Å². The summed E-state index contributed by atoms with van der Waals surface area (Å²) < 4.78 is 30.8. The maximum Gasteiger partial charge on any atom is 0.309 e. The summed E-state index contributed by atoms with van der Waals surface area (Å²) in [5.41, 5.74) is -0.442. The average Bonchev–Trinajstić information content (AvgIpc) is 2.96. The van der Waals surface area contributed by atoms with Crippen molar-refractivity contribution in [2.24, 2.45) is 0 Å². The summed E-state index contributed by atoms with van der Waals surface area (Å²) in [6, 6.07) is 6.12. The molecule has 0 bridgehead atoms. The predicted octanol–water partition coefficient (Wildman–Crippen LogP) is 1.52. The van der Waals surface area contributed by atoms with Crippen molar-refractivity contribution in [1.82, 2.24) is 9.78 Å². The molecule has 0 saturated heterocycles. The van der Waals surface area contributed by atoms with Gasteiger partial charge in [-0.1, -0.05) is 17.7 Å². The second-order valence-corrected chi connectivity index (χ2v) is 7.60. The van der Waals surface area contributed by atoms with E-state index >= 15 is 0 Å². The van der Waals surface area contributed by atoms with E-state index in [0.29, 0.717) is 0 Å². The lowest BCUT2D eigenvalue weighted by Gasteiger charge is -2.27. The summed E-state index contributed by atoms with van der Waals surface area (Å²) in [5, 5.41) is 24.6. The summed E-state index contributed by atoms with van der Waals surface area (Å²) in [6.07, 6.45) is 1.15. The maximum absolute atomic E-state index is 12.3. The SMILES string of the molecule is Cc1ccc(S(=O)(=O)OCC(C)(CO)n2cc([N+](=O)[O-])c(C)n2)cc1. The molecular weight excluding hydrogens is 350 g/mol. The van der Waals surface area contributed by atoms with Crippen LogP contribution in [0.3, 0.4) is 0 Å². The van der Waals surface area contributed by atoms with Crippen LogP contribution < -0.4 is 0 Å². The molecule has 10 heteroatoms. The van der Waals surface area contributed by atoms with E-state index in [-0.39, 0.29) is 16.3 Å². The molecular formula is C15H19N3O6S. The van der Waals surface area contributed by atoms with Gasteiger partial charge in [0.25, 0.3) is 10.1 Å². The Morgan fingerprint density at radius 2 is 1.92 bits per heavy atom. The summed E-state index contributed by atoms with van der Waals surface area (Å²) in [6.45, 7) is 3.82. The van der Waals surface area contributed by atoms with Crippen molar-refractivity contribution in [2.75, 3.05) is 13.2 Å². The van der Waals surface area contributed by atoms with Crippen LogP contribution in [0.25, 0.3) is 0 Å². The average molecular weight is 369 g/mol. The first-order valence-corrected chi connectivity index (χ1v) is 8.78. The van der Waals surface area contributed by atoms with Crippen LogP contribution >= 0.6 is 0 Å². The quantitative estimate of drug-likeness (QED) is 0.445. The number of nitro groups is 1. The third-order valence-electron chi connectivity index (χ3n) is 3.80. The van der Waals surface area contributed by atoms with Crippen LogP contribution in [-0.2, 0) is 19.8 Å². The minimum absolute atomic E-state index is 0.0129. The van der Waals surface area contributed by atoms with E-state index < -0.39 is 33.8 Å². The van der Waals surface area contributed by atoms with Crippen LogP contribution in [0, 0.1) is 24.0 Å². The minimum atomic E-state index is -4.03. The molecule has 1 N–H and O–H groups in total. The Hall–Kier alpha value is -2.30. The van der Waals surface area contributed by atoms with E-state index in [0.717, 1.165) is 16.4 Å². The largest absolute Gasteiger partial charge is 0.394 e. The Kier molecular flexibility index (Phi) is 5.26. The number of rotatable bonds is 7. The molecule has 0 saturated carbocycles. The summed E-state index contributed by atoms with van der Waals surface area (Å²) in [5.74, 6) is 0. The summed E-state index contributed by atoms with van der Waals surface area (Å²) in [4.78, 5) is 10.3. The molecule has 0 radical (unpaired) electrons.